The lowest BCUT2D eigenvalue weighted by atomic mass is 10.1. The number of carbonyl (C=O) groups is 1. The molecule has 3 nitrogen and oxygen atoms in total. The first kappa shape index (κ1) is 13.3. The van der Waals surface area contributed by atoms with Crippen molar-refractivity contribution in [1.29, 1.82) is 0 Å². The van der Waals surface area contributed by atoms with Gasteiger partial charge in [-0.15, -0.1) is 11.3 Å². The number of aliphatic carboxylic acids is 1. The van der Waals surface area contributed by atoms with E-state index in [1.807, 2.05) is 22.9 Å². The quantitative estimate of drug-likeness (QED) is 0.849. The van der Waals surface area contributed by atoms with E-state index in [1.165, 1.54) is 5.56 Å². The van der Waals surface area contributed by atoms with E-state index in [2.05, 4.69) is 23.7 Å². The first-order chi connectivity index (χ1) is 8.66. The summed E-state index contributed by atoms with van der Waals surface area (Å²) in [7, 11) is 0. The van der Waals surface area contributed by atoms with E-state index in [4.69, 9.17) is 5.11 Å². The second-order valence-electron chi connectivity index (χ2n) is 4.11. The highest BCUT2D eigenvalue weighted by Crippen LogP contribution is 2.26. The summed E-state index contributed by atoms with van der Waals surface area (Å²) in [5.41, 5.74) is 1.20. The normalized spacial score (nSPS) is 14.3. The van der Waals surface area contributed by atoms with E-state index in [-0.39, 0.29) is 18.5 Å². The first-order valence-corrected chi connectivity index (χ1v) is 7.52. The Balaban J connectivity index is 2.08. The van der Waals surface area contributed by atoms with Gasteiger partial charge in [0.1, 0.15) is 0 Å². The van der Waals surface area contributed by atoms with Crippen LogP contribution in [0.4, 0.5) is 0 Å². The van der Waals surface area contributed by atoms with E-state index >= 15 is 0 Å². The van der Waals surface area contributed by atoms with Gasteiger partial charge < -0.3 is 10.4 Å². The van der Waals surface area contributed by atoms with Crippen LogP contribution in [0.1, 0.15) is 35.9 Å². The number of hydrogen-bond donors (Lipinski definition) is 2. The van der Waals surface area contributed by atoms with Crippen molar-refractivity contribution in [3.8, 4) is 0 Å². The maximum Gasteiger partial charge on any atom is 0.305 e. The predicted octanol–water partition coefficient (Wildman–Crippen LogP) is 3.68. The lowest BCUT2D eigenvalue weighted by molar-refractivity contribution is -0.137. The lowest BCUT2D eigenvalue weighted by Crippen LogP contribution is -2.25. The fourth-order valence-corrected chi connectivity index (χ4v) is 3.37. The number of thiophene rings is 2. The molecule has 0 fully saturated rings. The molecule has 2 N–H and O–H groups in total. The van der Waals surface area contributed by atoms with Crippen LogP contribution in [0.2, 0.25) is 0 Å². The van der Waals surface area contributed by atoms with Gasteiger partial charge in [-0.3, -0.25) is 4.79 Å². The van der Waals surface area contributed by atoms with Gasteiger partial charge in [-0.25, -0.2) is 0 Å². The van der Waals surface area contributed by atoms with Gasteiger partial charge >= 0.3 is 5.97 Å². The molecule has 0 aromatic carbocycles. The third-order valence-electron chi connectivity index (χ3n) is 2.76. The van der Waals surface area contributed by atoms with Crippen molar-refractivity contribution < 1.29 is 9.90 Å². The predicted molar refractivity (Wildman–Crippen MR) is 75.2 cm³/mol. The highest BCUT2D eigenvalue weighted by molar-refractivity contribution is 7.10. The smallest absolute Gasteiger partial charge is 0.305 e. The molecule has 2 rings (SSSR count). The molecule has 5 heteroatoms. The summed E-state index contributed by atoms with van der Waals surface area (Å²) >= 11 is 3.24. The number of rotatable bonds is 6. The summed E-state index contributed by atoms with van der Waals surface area (Å²) in [6.07, 6.45) is 0.106. The molecule has 0 spiro atoms. The molecule has 0 bridgehead atoms. The molecule has 0 saturated carbocycles. The van der Waals surface area contributed by atoms with Crippen molar-refractivity contribution in [1.82, 2.24) is 5.32 Å². The Bertz CT molecular complexity index is 479. The Morgan fingerprint density at radius 3 is 2.83 bits per heavy atom. The fourth-order valence-electron chi connectivity index (χ4n) is 1.83. The molecule has 0 saturated heterocycles. The highest BCUT2D eigenvalue weighted by atomic mass is 32.1. The molecule has 2 aromatic rings. The number of nitrogens with one attached hydrogen (secondary N) is 1. The van der Waals surface area contributed by atoms with Gasteiger partial charge in [0, 0.05) is 10.9 Å². The summed E-state index contributed by atoms with van der Waals surface area (Å²) in [4.78, 5) is 12.0. The molecule has 0 radical (unpaired) electrons. The average Bonchev–Trinajstić information content (AvgIpc) is 3.01. The molecule has 96 valence electrons. The maximum atomic E-state index is 10.9. The summed E-state index contributed by atoms with van der Waals surface area (Å²) in [5.74, 6) is -0.779. The maximum absolute atomic E-state index is 10.9. The molecular weight excluding hydrogens is 266 g/mol. The van der Waals surface area contributed by atoms with Gasteiger partial charge in [-0.1, -0.05) is 6.07 Å². The van der Waals surface area contributed by atoms with Gasteiger partial charge in [-0.05, 0) is 40.8 Å². The third-order valence-corrected chi connectivity index (χ3v) is 4.45. The third kappa shape index (κ3) is 3.41. The first-order valence-electron chi connectivity index (χ1n) is 5.70. The standard InChI is InChI=1S/C13H15NO2S2/c1-9(10-4-6-17-8-10)14-11(7-13(15)16)12-3-2-5-18-12/h2-6,8-9,11,14H,7H2,1H3,(H,15,16). The average molecular weight is 281 g/mol. The van der Waals surface area contributed by atoms with Crippen LogP contribution in [0.25, 0.3) is 0 Å². The number of carboxylic acids is 1. The molecule has 2 aromatic heterocycles. The van der Waals surface area contributed by atoms with Gasteiger partial charge in [0.2, 0.25) is 0 Å². The largest absolute Gasteiger partial charge is 0.481 e. The molecule has 18 heavy (non-hydrogen) atoms. The van der Waals surface area contributed by atoms with E-state index in [0.29, 0.717) is 0 Å². The molecule has 2 atom stereocenters. The molecule has 2 unspecified atom stereocenters. The summed E-state index contributed by atoms with van der Waals surface area (Å²) in [6.45, 7) is 2.06. The zero-order valence-corrected chi connectivity index (χ0v) is 11.6. The molecule has 0 aliphatic carbocycles. The van der Waals surface area contributed by atoms with Crippen LogP contribution in [-0.2, 0) is 4.79 Å². The van der Waals surface area contributed by atoms with Crippen molar-refractivity contribution in [3.63, 3.8) is 0 Å². The topological polar surface area (TPSA) is 49.3 Å². The van der Waals surface area contributed by atoms with Crippen LogP contribution in [0.3, 0.4) is 0 Å². The molecule has 0 aliphatic rings. The van der Waals surface area contributed by atoms with Crippen molar-refractivity contribution in [3.05, 3.63) is 44.8 Å². The molecular formula is C13H15NO2S2. The monoisotopic (exact) mass is 281 g/mol. The van der Waals surface area contributed by atoms with Crippen LogP contribution in [0.5, 0.6) is 0 Å². The minimum absolute atomic E-state index is 0.106. The Kier molecular flexibility index (Phi) is 4.52. The van der Waals surface area contributed by atoms with E-state index in [0.717, 1.165) is 4.88 Å². The number of carboxylic acid groups (broad SMARTS) is 1. The van der Waals surface area contributed by atoms with Crippen molar-refractivity contribution >= 4 is 28.6 Å². The van der Waals surface area contributed by atoms with Crippen molar-refractivity contribution in [2.24, 2.45) is 0 Å². The molecule has 0 aliphatic heterocycles. The van der Waals surface area contributed by atoms with Crippen LogP contribution < -0.4 is 5.32 Å². The van der Waals surface area contributed by atoms with Gasteiger partial charge in [0.15, 0.2) is 0 Å². The zero-order valence-electron chi connectivity index (χ0n) is 10.00. The summed E-state index contributed by atoms with van der Waals surface area (Å²) < 4.78 is 0. The van der Waals surface area contributed by atoms with Crippen LogP contribution in [0, 0.1) is 0 Å². The Morgan fingerprint density at radius 2 is 2.28 bits per heavy atom. The second kappa shape index (κ2) is 6.13. The van der Waals surface area contributed by atoms with Crippen molar-refractivity contribution in [2.45, 2.75) is 25.4 Å². The lowest BCUT2D eigenvalue weighted by Gasteiger charge is -2.20. The number of hydrogen-bond acceptors (Lipinski definition) is 4. The molecule has 0 amide bonds. The summed E-state index contributed by atoms with van der Waals surface area (Å²) in [5, 5.41) is 18.5. The molecule has 2 heterocycles. The van der Waals surface area contributed by atoms with Crippen LogP contribution in [0.15, 0.2) is 34.3 Å². The van der Waals surface area contributed by atoms with Gasteiger partial charge in [-0.2, -0.15) is 11.3 Å². The second-order valence-corrected chi connectivity index (χ2v) is 5.87. The Hall–Kier alpha value is -1.17. The Labute approximate surface area is 114 Å². The summed E-state index contributed by atoms with van der Waals surface area (Å²) in [6, 6.07) is 6.02. The van der Waals surface area contributed by atoms with Gasteiger partial charge in [0.05, 0.1) is 12.5 Å². The van der Waals surface area contributed by atoms with E-state index in [9.17, 15) is 4.79 Å². The fraction of sp³-hybridized carbons (Fsp3) is 0.308. The minimum atomic E-state index is -0.779. The van der Waals surface area contributed by atoms with Crippen LogP contribution >= 0.6 is 22.7 Å². The SMILES string of the molecule is CC(NC(CC(=O)O)c1cccs1)c1ccsc1. The van der Waals surface area contributed by atoms with Crippen molar-refractivity contribution in [2.75, 3.05) is 0 Å². The van der Waals surface area contributed by atoms with E-state index in [1.54, 1.807) is 22.7 Å². The van der Waals surface area contributed by atoms with Crippen LogP contribution in [-0.4, -0.2) is 11.1 Å². The zero-order chi connectivity index (χ0) is 13.0. The minimum Gasteiger partial charge on any atom is -0.481 e. The van der Waals surface area contributed by atoms with E-state index < -0.39 is 5.97 Å². The Morgan fingerprint density at radius 1 is 1.44 bits per heavy atom. The van der Waals surface area contributed by atoms with Gasteiger partial charge in [0.25, 0.3) is 0 Å². The highest BCUT2D eigenvalue weighted by Gasteiger charge is 2.19.